The van der Waals surface area contributed by atoms with E-state index in [9.17, 15) is 13.6 Å². The van der Waals surface area contributed by atoms with Gasteiger partial charge in [0, 0.05) is 16.6 Å². The van der Waals surface area contributed by atoms with Gasteiger partial charge < -0.3 is 5.32 Å². The summed E-state index contributed by atoms with van der Waals surface area (Å²) in [5.41, 5.74) is 1.99. The van der Waals surface area contributed by atoms with Gasteiger partial charge in [0.1, 0.15) is 11.6 Å². The molecule has 0 aliphatic carbocycles. The summed E-state index contributed by atoms with van der Waals surface area (Å²) in [6.07, 6.45) is 0. The van der Waals surface area contributed by atoms with Crippen LogP contribution < -0.4 is 5.32 Å². The van der Waals surface area contributed by atoms with Crippen LogP contribution in [0.1, 0.15) is 0 Å². The fourth-order valence-corrected chi connectivity index (χ4v) is 3.60. The minimum atomic E-state index is -0.399. The fraction of sp³-hybridized carbons (Fsp3) is 0.0588. The van der Waals surface area contributed by atoms with E-state index in [4.69, 9.17) is 0 Å². The molecule has 0 unspecified atom stereocenters. The number of halogens is 2. The number of benzene rings is 2. The average Bonchev–Trinajstić information content (AvgIpc) is 3.03. The molecule has 3 nitrogen and oxygen atoms in total. The van der Waals surface area contributed by atoms with Crippen LogP contribution in [0, 0.1) is 11.6 Å². The van der Waals surface area contributed by atoms with Gasteiger partial charge in [0.15, 0.2) is 4.34 Å². The number of hydrogen-bond donors (Lipinski definition) is 1. The quantitative estimate of drug-likeness (QED) is 0.662. The van der Waals surface area contributed by atoms with Gasteiger partial charge in [-0.3, -0.25) is 4.79 Å². The first kappa shape index (κ1) is 16.6. The number of anilines is 1. The Morgan fingerprint density at radius 3 is 2.67 bits per heavy atom. The van der Waals surface area contributed by atoms with Gasteiger partial charge in [-0.05, 0) is 42.5 Å². The lowest BCUT2D eigenvalue weighted by Crippen LogP contribution is -2.13. The summed E-state index contributed by atoms with van der Waals surface area (Å²) in [5.74, 6) is -0.751. The Hall–Kier alpha value is -2.25. The Morgan fingerprint density at radius 1 is 1.12 bits per heavy atom. The molecule has 0 bridgehead atoms. The summed E-state index contributed by atoms with van der Waals surface area (Å²) < 4.78 is 26.7. The van der Waals surface area contributed by atoms with E-state index in [1.807, 2.05) is 5.38 Å². The highest BCUT2D eigenvalue weighted by Crippen LogP contribution is 2.28. The number of aromatic nitrogens is 1. The zero-order valence-corrected chi connectivity index (χ0v) is 14.0. The molecule has 2 aromatic carbocycles. The Morgan fingerprint density at radius 2 is 1.92 bits per heavy atom. The Labute approximate surface area is 145 Å². The lowest BCUT2D eigenvalue weighted by Gasteiger charge is -2.03. The van der Waals surface area contributed by atoms with Crippen molar-refractivity contribution in [2.75, 3.05) is 11.1 Å². The molecule has 0 aliphatic heterocycles. The van der Waals surface area contributed by atoms with Gasteiger partial charge in [0.2, 0.25) is 5.91 Å². The van der Waals surface area contributed by atoms with E-state index in [1.165, 1.54) is 53.4 Å². The summed E-state index contributed by atoms with van der Waals surface area (Å²) in [7, 11) is 0. The predicted molar refractivity (Wildman–Crippen MR) is 93.3 cm³/mol. The van der Waals surface area contributed by atoms with Crippen LogP contribution in [0.5, 0.6) is 0 Å². The van der Waals surface area contributed by atoms with Crippen molar-refractivity contribution in [1.29, 1.82) is 0 Å². The Balaban J connectivity index is 1.57. The number of carbonyl (C=O) groups is 1. The first-order valence-corrected chi connectivity index (χ1v) is 8.86. The lowest BCUT2D eigenvalue weighted by molar-refractivity contribution is -0.113. The van der Waals surface area contributed by atoms with Crippen molar-refractivity contribution < 1.29 is 13.6 Å². The van der Waals surface area contributed by atoms with Gasteiger partial charge >= 0.3 is 0 Å². The SMILES string of the molecule is O=C(CSc1nc(-c2ccc(F)cc2)cs1)Nc1cccc(F)c1. The third-order valence-electron chi connectivity index (χ3n) is 3.06. The topological polar surface area (TPSA) is 42.0 Å². The van der Waals surface area contributed by atoms with Crippen molar-refractivity contribution in [1.82, 2.24) is 4.98 Å². The largest absolute Gasteiger partial charge is 0.325 e. The monoisotopic (exact) mass is 362 g/mol. The molecule has 1 amide bonds. The minimum Gasteiger partial charge on any atom is -0.325 e. The van der Waals surface area contributed by atoms with Crippen molar-refractivity contribution >= 4 is 34.7 Å². The number of carbonyl (C=O) groups excluding carboxylic acids is 1. The zero-order valence-electron chi connectivity index (χ0n) is 12.3. The second-order valence-corrected chi connectivity index (χ2v) is 6.93. The normalized spacial score (nSPS) is 10.6. The zero-order chi connectivity index (χ0) is 16.9. The van der Waals surface area contributed by atoms with Crippen LogP contribution in [0.15, 0.2) is 58.3 Å². The third kappa shape index (κ3) is 4.39. The number of hydrogen-bond acceptors (Lipinski definition) is 4. The number of thioether (sulfide) groups is 1. The second-order valence-electron chi connectivity index (χ2n) is 4.85. The van der Waals surface area contributed by atoms with Crippen LogP contribution in [0.4, 0.5) is 14.5 Å². The fourth-order valence-electron chi connectivity index (χ4n) is 1.97. The molecule has 0 saturated heterocycles. The van der Waals surface area contributed by atoms with E-state index >= 15 is 0 Å². The molecular formula is C17H12F2N2OS2. The van der Waals surface area contributed by atoms with E-state index in [0.29, 0.717) is 5.69 Å². The maximum absolute atomic E-state index is 13.1. The molecule has 0 radical (unpaired) electrons. The summed E-state index contributed by atoms with van der Waals surface area (Å²) in [6.45, 7) is 0. The van der Waals surface area contributed by atoms with Gasteiger partial charge in [-0.25, -0.2) is 13.8 Å². The highest BCUT2D eigenvalue weighted by atomic mass is 32.2. The Kier molecular flexibility index (Phi) is 5.22. The molecule has 0 fully saturated rings. The molecule has 3 rings (SSSR count). The van der Waals surface area contributed by atoms with E-state index in [2.05, 4.69) is 10.3 Å². The van der Waals surface area contributed by atoms with Crippen LogP contribution in [0.2, 0.25) is 0 Å². The van der Waals surface area contributed by atoms with Crippen molar-refractivity contribution in [2.45, 2.75) is 4.34 Å². The average molecular weight is 362 g/mol. The molecule has 1 aromatic heterocycles. The second kappa shape index (κ2) is 7.55. The molecular weight excluding hydrogens is 350 g/mol. The molecule has 122 valence electrons. The molecule has 24 heavy (non-hydrogen) atoms. The van der Waals surface area contributed by atoms with Crippen LogP contribution in [0.25, 0.3) is 11.3 Å². The van der Waals surface area contributed by atoms with Gasteiger partial charge in [0.25, 0.3) is 0 Å². The number of thiazole rings is 1. The molecule has 1 N–H and O–H groups in total. The van der Waals surface area contributed by atoms with E-state index < -0.39 is 5.82 Å². The van der Waals surface area contributed by atoms with Crippen molar-refractivity contribution in [3.05, 3.63) is 65.5 Å². The summed E-state index contributed by atoms with van der Waals surface area (Å²) in [4.78, 5) is 16.3. The summed E-state index contributed by atoms with van der Waals surface area (Å²) >= 11 is 2.72. The van der Waals surface area contributed by atoms with E-state index in [0.717, 1.165) is 15.6 Å². The highest BCUT2D eigenvalue weighted by molar-refractivity contribution is 8.01. The third-order valence-corrected chi connectivity index (χ3v) is 5.08. The van der Waals surface area contributed by atoms with Gasteiger partial charge in [-0.1, -0.05) is 17.8 Å². The molecule has 1 heterocycles. The molecule has 0 atom stereocenters. The maximum atomic E-state index is 13.1. The highest BCUT2D eigenvalue weighted by Gasteiger charge is 2.09. The summed E-state index contributed by atoms with van der Waals surface area (Å²) in [6, 6.07) is 11.8. The van der Waals surface area contributed by atoms with Gasteiger partial charge in [-0.2, -0.15) is 0 Å². The first-order valence-electron chi connectivity index (χ1n) is 7.00. The Bertz CT molecular complexity index is 850. The maximum Gasteiger partial charge on any atom is 0.234 e. The van der Waals surface area contributed by atoms with Crippen LogP contribution in [0.3, 0.4) is 0 Å². The number of rotatable bonds is 5. The number of amides is 1. The van der Waals surface area contributed by atoms with Crippen molar-refractivity contribution in [3.8, 4) is 11.3 Å². The van der Waals surface area contributed by atoms with Crippen LogP contribution in [-0.2, 0) is 4.79 Å². The standard InChI is InChI=1S/C17H12F2N2OS2/c18-12-6-4-11(5-7-12)15-9-23-17(21-15)24-10-16(22)20-14-3-1-2-13(19)8-14/h1-9H,10H2,(H,20,22). The van der Waals surface area contributed by atoms with Gasteiger partial charge in [0.05, 0.1) is 11.4 Å². The van der Waals surface area contributed by atoms with E-state index in [-0.39, 0.29) is 17.5 Å². The number of nitrogens with zero attached hydrogens (tertiary/aromatic N) is 1. The molecule has 7 heteroatoms. The minimum absolute atomic E-state index is 0.173. The van der Waals surface area contributed by atoms with Gasteiger partial charge in [-0.15, -0.1) is 11.3 Å². The van der Waals surface area contributed by atoms with Crippen molar-refractivity contribution in [3.63, 3.8) is 0 Å². The molecule has 0 saturated carbocycles. The predicted octanol–water partition coefficient (Wildman–Crippen LogP) is 4.82. The van der Waals surface area contributed by atoms with Crippen LogP contribution in [-0.4, -0.2) is 16.6 Å². The summed E-state index contributed by atoms with van der Waals surface area (Å²) in [5, 5.41) is 4.49. The molecule has 0 spiro atoms. The molecule has 0 aliphatic rings. The van der Waals surface area contributed by atoms with Crippen LogP contribution >= 0.6 is 23.1 Å². The van der Waals surface area contributed by atoms with Crippen molar-refractivity contribution in [2.24, 2.45) is 0 Å². The molecule has 3 aromatic rings. The first-order chi connectivity index (χ1) is 11.6. The lowest BCUT2D eigenvalue weighted by atomic mass is 10.2. The number of nitrogens with one attached hydrogen (secondary N) is 1. The van der Waals surface area contributed by atoms with E-state index in [1.54, 1.807) is 18.2 Å². The smallest absolute Gasteiger partial charge is 0.234 e.